The minimum atomic E-state index is 0.504. The second kappa shape index (κ2) is 6.43. The number of hydrogen-bond acceptors (Lipinski definition) is 4. The van der Waals surface area contributed by atoms with Crippen molar-refractivity contribution in [3.8, 4) is 0 Å². The van der Waals surface area contributed by atoms with E-state index in [2.05, 4.69) is 9.97 Å². The molecule has 106 valence electrons. The number of thioether (sulfide) groups is 1. The molecule has 1 aromatic heterocycles. The lowest BCUT2D eigenvalue weighted by molar-refractivity contribution is 1.07. The van der Waals surface area contributed by atoms with Gasteiger partial charge in [0.2, 0.25) is 0 Å². The molecule has 21 heavy (non-hydrogen) atoms. The molecule has 0 bridgehead atoms. The molecule has 0 saturated carbocycles. The van der Waals surface area contributed by atoms with E-state index in [1.807, 2.05) is 42.5 Å². The summed E-state index contributed by atoms with van der Waals surface area (Å²) in [6, 6.07) is 14.0. The lowest BCUT2D eigenvalue weighted by atomic mass is 10.1. The van der Waals surface area contributed by atoms with E-state index in [1.165, 1.54) is 0 Å². The lowest BCUT2D eigenvalue weighted by Gasteiger charge is -2.07. The normalized spacial score (nSPS) is 11.0. The molecule has 0 spiro atoms. The van der Waals surface area contributed by atoms with Crippen LogP contribution in [0.5, 0.6) is 0 Å². The van der Waals surface area contributed by atoms with E-state index in [1.54, 1.807) is 18.1 Å². The highest BCUT2D eigenvalue weighted by atomic mass is 35.5. The number of hydrogen-bond donors (Lipinski definition) is 1. The van der Waals surface area contributed by atoms with Crippen LogP contribution in [-0.4, -0.2) is 9.97 Å². The van der Waals surface area contributed by atoms with Crippen molar-refractivity contribution in [2.75, 3.05) is 0 Å². The van der Waals surface area contributed by atoms with Gasteiger partial charge in [0.05, 0.1) is 5.52 Å². The Kier molecular flexibility index (Phi) is 4.39. The van der Waals surface area contributed by atoms with E-state index in [4.69, 9.17) is 17.3 Å². The number of fused-ring (bicyclic) bond motifs is 1. The monoisotopic (exact) mass is 315 g/mol. The van der Waals surface area contributed by atoms with E-state index in [9.17, 15) is 0 Å². The minimum absolute atomic E-state index is 0.504. The molecule has 3 aromatic rings. The first-order valence-corrected chi connectivity index (χ1v) is 7.94. The first kappa shape index (κ1) is 14.3. The molecule has 0 aliphatic rings. The molecule has 2 aromatic carbocycles. The predicted molar refractivity (Wildman–Crippen MR) is 88.4 cm³/mol. The molecule has 0 unspecified atom stereocenters. The van der Waals surface area contributed by atoms with Gasteiger partial charge in [0, 0.05) is 22.7 Å². The maximum Gasteiger partial charge on any atom is 0.117 e. The van der Waals surface area contributed by atoms with Crippen molar-refractivity contribution in [2.24, 2.45) is 5.73 Å². The Hall–Kier alpha value is -1.62. The fourth-order valence-electron chi connectivity index (χ4n) is 2.08. The molecule has 3 rings (SSSR count). The van der Waals surface area contributed by atoms with Gasteiger partial charge in [-0.05, 0) is 23.3 Å². The summed E-state index contributed by atoms with van der Waals surface area (Å²) in [6.07, 6.45) is 1.60. The highest BCUT2D eigenvalue weighted by Gasteiger charge is 2.06. The van der Waals surface area contributed by atoms with Gasteiger partial charge in [-0.2, -0.15) is 0 Å². The van der Waals surface area contributed by atoms with E-state index < -0.39 is 0 Å². The average Bonchev–Trinajstić information content (AvgIpc) is 2.53. The zero-order valence-corrected chi connectivity index (χ0v) is 12.9. The van der Waals surface area contributed by atoms with Crippen LogP contribution in [0.2, 0.25) is 5.02 Å². The maximum absolute atomic E-state index is 6.29. The molecule has 3 nitrogen and oxygen atoms in total. The van der Waals surface area contributed by atoms with Crippen molar-refractivity contribution in [1.29, 1.82) is 0 Å². The summed E-state index contributed by atoms with van der Waals surface area (Å²) >= 11 is 7.95. The third-order valence-corrected chi connectivity index (χ3v) is 4.63. The number of halogens is 1. The van der Waals surface area contributed by atoms with E-state index in [-0.39, 0.29) is 0 Å². The quantitative estimate of drug-likeness (QED) is 0.583. The van der Waals surface area contributed by atoms with Gasteiger partial charge in [-0.15, -0.1) is 11.8 Å². The fraction of sp³-hybridized carbons (Fsp3) is 0.125. The maximum atomic E-state index is 6.29. The molecule has 0 aliphatic carbocycles. The molecule has 0 saturated heterocycles. The molecule has 0 aliphatic heterocycles. The SMILES string of the molecule is NCc1ccc(CSc2ncnc3ccccc23)c(Cl)c1. The molecule has 5 heteroatoms. The molecule has 0 radical (unpaired) electrons. The van der Waals surface area contributed by atoms with Crippen LogP contribution in [0, 0.1) is 0 Å². The van der Waals surface area contributed by atoms with Gasteiger partial charge in [-0.3, -0.25) is 0 Å². The van der Waals surface area contributed by atoms with Crippen LogP contribution in [0.1, 0.15) is 11.1 Å². The third kappa shape index (κ3) is 3.18. The lowest BCUT2D eigenvalue weighted by Crippen LogP contribution is -1.96. The van der Waals surface area contributed by atoms with Crippen molar-refractivity contribution in [2.45, 2.75) is 17.3 Å². The van der Waals surface area contributed by atoms with Crippen LogP contribution in [0.4, 0.5) is 0 Å². The summed E-state index contributed by atoms with van der Waals surface area (Å²) in [4.78, 5) is 8.65. The number of para-hydroxylation sites is 1. The summed E-state index contributed by atoms with van der Waals surface area (Å²) in [5, 5.41) is 2.79. The third-order valence-electron chi connectivity index (χ3n) is 3.22. The van der Waals surface area contributed by atoms with Crippen molar-refractivity contribution in [3.05, 3.63) is 64.9 Å². The van der Waals surface area contributed by atoms with Crippen LogP contribution >= 0.6 is 23.4 Å². The number of benzene rings is 2. The topological polar surface area (TPSA) is 51.8 Å². The summed E-state index contributed by atoms with van der Waals surface area (Å²) in [5.41, 5.74) is 8.70. The van der Waals surface area contributed by atoms with Crippen LogP contribution < -0.4 is 5.73 Å². The zero-order chi connectivity index (χ0) is 14.7. The van der Waals surface area contributed by atoms with Gasteiger partial charge in [-0.25, -0.2) is 9.97 Å². The highest BCUT2D eigenvalue weighted by Crippen LogP contribution is 2.29. The second-order valence-electron chi connectivity index (χ2n) is 4.61. The molecular weight excluding hydrogens is 302 g/mol. The Morgan fingerprint density at radius 2 is 1.95 bits per heavy atom. The van der Waals surface area contributed by atoms with E-state index in [0.29, 0.717) is 6.54 Å². The predicted octanol–water partition coefficient (Wildman–Crippen LogP) is 4.03. The standard InChI is InChI=1S/C16H14ClN3S/c17-14-7-11(8-18)5-6-12(14)9-21-16-13-3-1-2-4-15(13)19-10-20-16/h1-7,10H,8-9,18H2. The number of nitrogens with zero attached hydrogens (tertiary/aromatic N) is 2. The van der Waals surface area contributed by atoms with Crippen molar-refractivity contribution < 1.29 is 0 Å². The van der Waals surface area contributed by atoms with Crippen molar-refractivity contribution in [3.63, 3.8) is 0 Å². The van der Waals surface area contributed by atoms with Gasteiger partial charge in [0.15, 0.2) is 0 Å². The molecule has 0 fully saturated rings. The largest absolute Gasteiger partial charge is 0.326 e. The molecular formula is C16H14ClN3S. The molecule has 1 heterocycles. The first-order chi connectivity index (χ1) is 10.3. The van der Waals surface area contributed by atoms with Crippen molar-refractivity contribution in [1.82, 2.24) is 9.97 Å². The number of rotatable bonds is 4. The Bertz CT molecular complexity index is 771. The summed E-state index contributed by atoms with van der Waals surface area (Å²) in [6.45, 7) is 0.504. The van der Waals surface area contributed by atoms with Gasteiger partial charge in [-0.1, -0.05) is 41.9 Å². The van der Waals surface area contributed by atoms with Gasteiger partial charge >= 0.3 is 0 Å². The summed E-state index contributed by atoms with van der Waals surface area (Å²) in [5.74, 6) is 0.769. The Morgan fingerprint density at radius 1 is 1.10 bits per heavy atom. The van der Waals surface area contributed by atoms with E-state index in [0.717, 1.165) is 37.8 Å². The van der Waals surface area contributed by atoms with E-state index >= 15 is 0 Å². The Balaban J connectivity index is 1.84. The van der Waals surface area contributed by atoms with Gasteiger partial charge < -0.3 is 5.73 Å². The van der Waals surface area contributed by atoms with Crippen LogP contribution in [0.3, 0.4) is 0 Å². The smallest absolute Gasteiger partial charge is 0.117 e. The summed E-state index contributed by atoms with van der Waals surface area (Å²) in [7, 11) is 0. The zero-order valence-electron chi connectivity index (χ0n) is 11.3. The number of nitrogens with two attached hydrogens (primary N) is 1. The molecule has 0 atom stereocenters. The number of aromatic nitrogens is 2. The molecule has 2 N–H and O–H groups in total. The highest BCUT2D eigenvalue weighted by molar-refractivity contribution is 7.98. The molecule has 0 amide bonds. The Morgan fingerprint density at radius 3 is 2.76 bits per heavy atom. The first-order valence-electron chi connectivity index (χ1n) is 6.58. The van der Waals surface area contributed by atoms with Crippen molar-refractivity contribution >= 4 is 34.3 Å². The van der Waals surface area contributed by atoms with Crippen LogP contribution in [0.25, 0.3) is 10.9 Å². The average molecular weight is 316 g/mol. The fourth-order valence-corrected chi connectivity index (χ4v) is 3.42. The Labute approximate surface area is 132 Å². The van der Waals surface area contributed by atoms with Crippen LogP contribution in [0.15, 0.2) is 53.8 Å². The van der Waals surface area contributed by atoms with Crippen LogP contribution in [-0.2, 0) is 12.3 Å². The second-order valence-corrected chi connectivity index (χ2v) is 5.99. The van der Waals surface area contributed by atoms with Gasteiger partial charge in [0.25, 0.3) is 0 Å². The summed E-state index contributed by atoms with van der Waals surface area (Å²) < 4.78 is 0. The van der Waals surface area contributed by atoms with Gasteiger partial charge in [0.1, 0.15) is 11.4 Å². The minimum Gasteiger partial charge on any atom is -0.326 e.